The second-order valence-electron chi connectivity index (χ2n) is 11.3. The lowest BCUT2D eigenvalue weighted by molar-refractivity contribution is -0.921. The van der Waals surface area contributed by atoms with E-state index in [4.69, 9.17) is 4.74 Å². The van der Waals surface area contributed by atoms with Crippen LogP contribution in [0.5, 0.6) is 5.75 Å². The normalized spacial score (nSPS) is 26.0. The first-order valence-electron chi connectivity index (χ1n) is 13.4. The number of aromatic nitrogens is 1. The van der Waals surface area contributed by atoms with E-state index in [1.54, 1.807) is 25.1 Å². The van der Waals surface area contributed by atoms with E-state index in [9.17, 15) is 10.1 Å². The van der Waals surface area contributed by atoms with E-state index >= 15 is 0 Å². The number of methoxy groups -OCH3 is 1. The summed E-state index contributed by atoms with van der Waals surface area (Å²) in [5.41, 5.74) is 4.82. The molecule has 0 radical (unpaired) electrons. The van der Waals surface area contributed by atoms with Crippen molar-refractivity contribution in [1.29, 1.82) is 5.26 Å². The van der Waals surface area contributed by atoms with Crippen LogP contribution in [0, 0.1) is 17.2 Å². The lowest BCUT2D eigenvalue weighted by Crippen LogP contribution is -2.50. The fourth-order valence-corrected chi connectivity index (χ4v) is 7.62. The highest BCUT2D eigenvalue weighted by Gasteiger charge is 2.48. The van der Waals surface area contributed by atoms with Gasteiger partial charge >= 0.3 is 0 Å². The Labute approximate surface area is 228 Å². The highest BCUT2D eigenvalue weighted by molar-refractivity contribution is 8.00. The summed E-state index contributed by atoms with van der Waals surface area (Å²) >= 11 is 1.61. The number of carbonyl (C=O) groups excluding carboxylic acids is 1. The Kier molecular flexibility index (Phi) is 6.77. The molecule has 3 aromatic rings. The Morgan fingerprint density at radius 3 is 2.97 bits per heavy atom. The first-order chi connectivity index (χ1) is 18.4. The van der Waals surface area contributed by atoms with Gasteiger partial charge in [0.15, 0.2) is 0 Å². The van der Waals surface area contributed by atoms with Gasteiger partial charge in [0.2, 0.25) is 5.91 Å². The molecular weight excluding hydrogens is 494 g/mol. The molecule has 38 heavy (non-hydrogen) atoms. The summed E-state index contributed by atoms with van der Waals surface area (Å²) in [5, 5.41) is 17.7. The van der Waals surface area contributed by atoms with Gasteiger partial charge in [-0.3, -0.25) is 9.78 Å². The summed E-state index contributed by atoms with van der Waals surface area (Å²) in [5.74, 6) is 2.09. The van der Waals surface area contributed by atoms with E-state index in [0.717, 1.165) is 62.7 Å². The summed E-state index contributed by atoms with van der Waals surface area (Å²) in [4.78, 5) is 17.4. The number of anilines is 1. The van der Waals surface area contributed by atoms with Crippen molar-refractivity contribution >= 4 is 34.3 Å². The van der Waals surface area contributed by atoms with Gasteiger partial charge in [0.25, 0.3) is 0 Å². The molecule has 6 rings (SSSR count). The molecule has 196 valence electrons. The summed E-state index contributed by atoms with van der Waals surface area (Å²) < 4.78 is 6.52. The van der Waals surface area contributed by atoms with Gasteiger partial charge < -0.3 is 19.9 Å². The molecule has 1 saturated heterocycles. The summed E-state index contributed by atoms with van der Waals surface area (Å²) in [7, 11) is 4.08. The Balaban J connectivity index is 1.13. The van der Waals surface area contributed by atoms with Crippen LogP contribution in [0.2, 0.25) is 0 Å². The van der Waals surface area contributed by atoms with Gasteiger partial charge in [-0.25, -0.2) is 0 Å². The maximum atomic E-state index is 11.8. The second-order valence-corrected chi connectivity index (χ2v) is 12.3. The first-order valence-corrected chi connectivity index (χ1v) is 14.4. The molecule has 2 aliphatic heterocycles. The second kappa shape index (κ2) is 10.2. The fraction of sp³-hybridized carbons (Fsp3) is 0.433. The molecule has 1 amide bonds. The minimum atomic E-state index is 0.0781. The van der Waals surface area contributed by atoms with E-state index in [1.807, 2.05) is 18.2 Å². The number of likely N-dealkylation sites (tertiary alicyclic amines) is 1. The van der Waals surface area contributed by atoms with Crippen molar-refractivity contribution in [1.82, 2.24) is 10.3 Å². The first kappa shape index (κ1) is 25.2. The number of pyridine rings is 1. The fourth-order valence-electron chi connectivity index (χ4n) is 6.83. The number of hydrogen-bond acceptors (Lipinski definition) is 6. The molecule has 3 heterocycles. The van der Waals surface area contributed by atoms with Crippen LogP contribution < -0.4 is 15.4 Å². The lowest BCUT2D eigenvalue weighted by atomic mass is 9.86. The number of benzene rings is 2. The zero-order valence-electron chi connectivity index (χ0n) is 22.0. The van der Waals surface area contributed by atoms with E-state index in [2.05, 4.69) is 46.9 Å². The third-order valence-corrected chi connectivity index (χ3v) is 9.86. The molecule has 1 aliphatic carbocycles. The average molecular weight is 529 g/mol. The van der Waals surface area contributed by atoms with E-state index in [1.165, 1.54) is 31.4 Å². The highest BCUT2D eigenvalue weighted by atomic mass is 32.2. The number of ether oxygens (including phenoxy) is 1. The molecule has 7 nitrogen and oxygen atoms in total. The largest absolute Gasteiger partial charge is 0.497 e. The zero-order chi connectivity index (χ0) is 26.3. The molecule has 8 heteroatoms. The Bertz CT molecular complexity index is 1440. The van der Waals surface area contributed by atoms with Gasteiger partial charge in [-0.05, 0) is 47.9 Å². The standard InChI is InChI=1S/C30H33N5O2S/c1-35(8-7-25-21(14-31)16-33-27-5-4-24(37-2)13-26(25)27)17-20-9-22(12-23(35)10-20)32-15-19-3-6-29-28(11-19)34-30(36)18-38-29/h3-6,11,13,16,20,22-23,32H,7-10,12,15,17-18H2,1-2H3/p+1. The molecule has 1 aromatic heterocycles. The zero-order valence-corrected chi connectivity index (χ0v) is 22.8. The molecule has 0 spiro atoms. The number of hydrogen-bond donors (Lipinski definition) is 2. The molecule has 2 aromatic carbocycles. The number of nitriles is 1. The SMILES string of the molecule is COc1ccc2ncc(C#N)c(CC[N+]3(C)CC4CC(NCc5ccc6c(c5)NC(=O)CS6)CC3C4)c2c1. The van der Waals surface area contributed by atoms with Crippen LogP contribution in [0.25, 0.3) is 10.9 Å². The predicted molar refractivity (Wildman–Crippen MR) is 150 cm³/mol. The highest BCUT2D eigenvalue weighted by Crippen LogP contribution is 2.41. The van der Waals surface area contributed by atoms with Crippen LogP contribution in [0.15, 0.2) is 47.5 Å². The van der Waals surface area contributed by atoms with Gasteiger partial charge in [0.05, 0.1) is 55.8 Å². The van der Waals surface area contributed by atoms with Crippen molar-refractivity contribution in [3.05, 3.63) is 59.3 Å². The van der Waals surface area contributed by atoms with Crippen molar-refractivity contribution in [3.63, 3.8) is 0 Å². The number of carbonyl (C=O) groups is 1. The van der Waals surface area contributed by atoms with E-state index in [-0.39, 0.29) is 5.91 Å². The molecule has 2 N–H and O–H groups in total. The van der Waals surface area contributed by atoms with Gasteiger partial charge in [0.1, 0.15) is 11.8 Å². The van der Waals surface area contributed by atoms with Crippen LogP contribution in [-0.4, -0.2) is 60.5 Å². The number of fused-ring (bicyclic) bond motifs is 4. The summed E-state index contributed by atoms with van der Waals surface area (Å²) in [6.07, 6.45) is 6.23. The maximum Gasteiger partial charge on any atom is 0.234 e. The van der Waals surface area contributed by atoms with E-state index in [0.29, 0.717) is 23.4 Å². The molecule has 2 fully saturated rings. The number of nitrogens with zero attached hydrogens (tertiary/aromatic N) is 3. The lowest BCUT2D eigenvalue weighted by Gasteiger charge is -2.37. The summed E-state index contributed by atoms with van der Waals surface area (Å²) in [6.45, 7) is 3.03. The number of amides is 1. The van der Waals surface area contributed by atoms with Crippen LogP contribution in [-0.2, 0) is 17.8 Å². The number of quaternary nitrogens is 1. The number of likely N-dealkylation sites (N-methyl/N-ethyl adjacent to an activating group) is 1. The average Bonchev–Trinajstić information content (AvgIpc) is 3.16. The quantitative estimate of drug-likeness (QED) is 0.440. The maximum absolute atomic E-state index is 11.8. The van der Waals surface area contributed by atoms with Crippen LogP contribution >= 0.6 is 11.8 Å². The Morgan fingerprint density at radius 2 is 2.13 bits per heavy atom. The molecule has 4 atom stereocenters. The third kappa shape index (κ3) is 4.86. The van der Waals surface area contributed by atoms with Gasteiger partial charge in [-0.2, -0.15) is 5.26 Å². The van der Waals surface area contributed by atoms with Crippen molar-refractivity contribution in [2.75, 3.05) is 38.3 Å². The monoisotopic (exact) mass is 528 g/mol. The molecular formula is C30H34N5O2S+. The Morgan fingerprint density at radius 1 is 1.24 bits per heavy atom. The number of nitrogens with one attached hydrogen (secondary N) is 2. The molecule has 4 unspecified atom stereocenters. The third-order valence-electron chi connectivity index (χ3n) is 8.79. The molecule has 2 bridgehead atoms. The van der Waals surface area contributed by atoms with Crippen molar-refractivity contribution in [3.8, 4) is 11.8 Å². The van der Waals surface area contributed by atoms with Gasteiger partial charge in [-0.15, -0.1) is 11.8 Å². The Hall–Kier alpha value is -3.12. The van der Waals surface area contributed by atoms with Crippen molar-refractivity contribution in [2.45, 2.75) is 49.2 Å². The number of rotatable bonds is 7. The van der Waals surface area contributed by atoms with Crippen molar-refractivity contribution < 1.29 is 14.0 Å². The number of thioether (sulfide) groups is 1. The van der Waals surface area contributed by atoms with Crippen LogP contribution in [0.1, 0.15) is 36.0 Å². The molecule has 1 saturated carbocycles. The van der Waals surface area contributed by atoms with Gasteiger partial charge in [0, 0.05) is 54.2 Å². The van der Waals surface area contributed by atoms with Crippen molar-refractivity contribution in [2.24, 2.45) is 5.92 Å². The minimum Gasteiger partial charge on any atom is -0.497 e. The topological polar surface area (TPSA) is 87.0 Å². The van der Waals surface area contributed by atoms with Crippen LogP contribution in [0.4, 0.5) is 5.69 Å². The van der Waals surface area contributed by atoms with Crippen LogP contribution in [0.3, 0.4) is 0 Å². The van der Waals surface area contributed by atoms with E-state index < -0.39 is 0 Å². The smallest absolute Gasteiger partial charge is 0.234 e. The predicted octanol–water partition coefficient (Wildman–Crippen LogP) is 4.49. The summed E-state index contributed by atoms with van der Waals surface area (Å²) in [6, 6.07) is 15.8. The van der Waals surface area contributed by atoms with Gasteiger partial charge in [-0.1, -0.05) is 6.07 Å². The minimum absolute atomic E-state index is 0.0781. The molecule has 3 aliphatic rings.